The highest BCUT2D eigenvalue weighted by molar-refractivity contribution is 7.89. The number of ether oxygens (including phenoxy) is 4. The van der Waals surface area contributed by atoms with Gasteiger partial charge in [-0.3, -0.25) is 9.69 Å². The number of alkyl halides is 3. The van der Waals surface area contributed by atoms with Crippen molar-refractivity contribution in [3.63, 3.8) is 0 Å². The molecule has 3 aromatic carbocycles. The molecule has 3 heterocycles. The van der Waals surface area contributed by atoms with E-state index in [0.29, 0.717) is 11.5 Å². The van der Waals surface area contributed by atoms with E-state index in [1.54, 1.807) is 6.92 Å². The first-order chi connectivity index (χ1) is 21.9. The second-order valence-electron chi connectivity index (χ2n) is 11.2. The quantitative estimate of drug-likeness (QED) is 0.385. The van der Waals surface area contributed by atoms with Crippen molar-refractivity contribution < 1.29 is 50.1 Å². The standard InChI is InChI=1S/C31H30F3N3O8S/c1-19-15-36(46(40,41)23-11-12-25-26(14-23)43-18-42-25)16-27(44-19)24(13-20-5-3-2-4-6-20)35-29(38)28-17-37(30(39)45-28)22-9-7-21(8-10-22)31(32,33)34/h2-12,14,19,24,27-28H,13,15-18H2,1H3,(H,35,38)/t19?,24-,27+,28-/m0/s1. The van der Waals surface area contributed by atoms with Crippen molar-refractivity contribution in [2.45, 2.75) is 48.8 Å². The lowest BCUT2D eigenvalue weighted by Gasteiger charge is -2.40. The summed E-state index contributed by atoms with van der Waals surface area (Å²) in [7, 11) is -4.00. The van der Waals surface area contributed by atoms with Gasteiger partial charge in [-0.25, -0.2) is 13.2 Å². The Kier molecular flexibility index (Phi) is 8.56. The van der Waals surface area contributed by atoms with E-state index in [1.165, 1.54) is 22.5 Å². The molecular formula is C31H30F3N3O8S. The molecule has 15 heteroatoms. The van der Waals surface area contributed by atoms with E-state index in [-0.39, 0.29) is 43.4 Å². The summed E-state index contributed by atoms with van der Waals surface area (Å²) >= 11 is 0. The minimum atomic E-state index is -4.54. The Bertz CT molecular complexity index is 1710. The van der Waals surface area contributed by atoms with E-state index >= 15 is 0 Å². The molecule has 6 rings (SSSR count). The summed E-state index contributed by atoms with van der Waals surface area (Å²) in [4.78, 5) is 27.2. The molecule has 3 aliphatic rings. The molecule has 3 aliphatic heterocycles. The van der Waals surface area contributed by atoms with Crippen LogP contribution in [0.15, 0.2) is 77.7 Å². The number of hydrogen-bond acceptors (Lipinski definition) is 8. The number of cyclic esters (lactones) is 1. The zero-order valence-corrected chi connectivity index (χ0v) is 25.3. The Balaban J connectivity index is 1.20. The maximum atomic E-state index is 13.7. The number of morpholine rings is 1. The highest BCUT2D eigenvalue weighted by Gasteiger charge is 2.42. The molecule has 4 atom stereocenters. The average Bonchev–Trinajstić information content (AvgIpc) is 3.67. The van der Waals surface area contributed by atoms with Crippen molar-refractivity contribution in [1.82, 2.24) is 9.62 Å². The fourth-order valence-electron chi connectivity index (χ4n) is 5.61. The summed E-state index contributed by atoms with van der Waals surface area (Å²) in [5.41, 5.74) is 0.107. The molecule has 2 amide bonds. The second-order valence-corrected chi connectivity index (χ2v) is 13.1. The number of halogens is 3. The van der Waals surface area contributed by atoms with Crippen LogP contribution in [-0.2, 0) is 36.9 Å². The van der Waals surface area contributed by atoms with Crippen LogP contribution >= 0.6 is 0 Å². The Morgan fingerprint density at radius 2 is 1.70 bits per heavy atom. The van der Waals surface area contributed by atoms with Crippen molar-refractivity contribution in [1.29, 1.82) is 0 Å². The van der Waals surface area contributed by atoms with Crippen LogP contribution in [0.4, 0.5) is 23.7 Å². The molecule has 244 valence electrons. The number of anilines is 1. The Hall–Kier alpha value is -4.34. The monoisotopic (exact) mass is 661 g/mol. The van der Waals surface area contributed by atoms with Gasteiger partial charge in [-0.2, -0.15) is 17.5 Å². The van der Waals surface area contributed by atoms with Crippen molar-refractivity contribution in [3.05, 3.63) is 83.9 Å². The number of benzene rings is 3. The van der Waals surface area contributed by atoms with Gasteiger partial charge >= 0.3 is 12.3 Å². The summed E-state index contributed by atoms with van der Waals surface area (Å²) in [6.45, 7) is 1.48. The maximum Gasteiger partial charge on any atom is 0.416 e. The first-order valence-electron chi connectivity index (χ1n) is 14.4. The van der Waals surface area contributed by atoms with E-state index in [1.807, 2.05) is 30.3 Å². The van der Waals surface area contributed by atoms with Gasteiger partial charge in [0, 0.05) is 24.8 Å². The first kappa shape index (κ1) is 31.6. The van der Waals surface area contributed by atoms with Crippen molar-refractivity contribution in [2.75, 3.05) is 31.3 Å². The number of carbonyl (C=O) groups is 2. The molecule has 2 fully saturated rings. The van der Waals surface area contributed by atoms with Gasteiger partial charge < -0.3 is 24.3 Å². The van der Waals surface area contributed by atoms with Crippen molar-refractivity contribution >= 4 is 27.7 Å². The smallest absolute Gasteiger partial charge is 0.416 e. The maximum absolute atomic E-state index is 13.7. The van der Waals surface area contributed by atoms with E-state index in [2.05, 4.69) is 5.32 Å². The molecule has 0 saturated carbocycles. The summed E-state index contributed by atoms with van der Waals surface area (Å²) in [5.74, 6) is 0.114. The lowest BCUT2D eigenvalue weighted by atomic mass is 9.99. The number of amides is 2. The minimum absolute atomic E-state index is 0.00519. The molecule has 0 bridgehead atoms. The van der Waals surface area contributed by atoms with Gasteiger partial charge in [-0.15, -0.1) is 0 Å². The van der Waals surface area contributed by atoms with Crippen LogP contribution in [-0.4, -0.2) is 75.5 Å². The van der Waals surface area contributed by atoms with Gasteiger partial charge in [0.2, 0.25) is 16.8 Å². The predicted molar refractivity (Wildman–Crippen MR) is 157 cm³/mol. The van der Waals surface area contributed by atoms with Gasteiger partial charge in [0.05, 0.1) is 35.3 Å². The molecule has 0 aromatic heterocycles. The lowest BCUT2D eigenvalue weighted by Crippen LogP contribution is -2.58. The first-order valence-corrected chi connectivity index (χ1v) is 15.9. The van der Waals surface area contributed by atoms with E-state index in [0.717, 1.165) is 34.7 Å². The minimum Gasteiger partial charge on any atom is -0.454 e. The normalized spacial score (nSPS) is 22.4. The van der Waals surface area contributed by atoms with Gasteiger partial charge in [0.15, 0.2) is 17.6 Å². The molecular weight excluding hydrogens is 631 g/mol. The fourth-order valence-corrected chi connectivity index (χ4v) is 7.15. The highest BCUT2D eigenvalue weighted by atomic mass is 32.2. The van der Waals surface area contributed by atoms with Crippen LogP contribution in [0.2, 0.25) is 0 Å². The SMILES string of the molecule is CC1CN(S(=O)(=O)c2ccc3c(c2)OCO3)C[C@H]([C@H](Cc2ccccc2)NC(=O)[C@@H]2CN(c3ccc(C(F)(F)F)cc3)C(=O)O2)O1. The van der Waals surface area contributed by atoms with Gasteiger partial charge in [0.1, 0.15) is 0 Å². The number of rotatable bonds is 8. The molecule has 0 aliphatic carbocycles. The van der Waals surface area contributed by atoms with Crippen LogP contribution in [0.1, 0.15) is 18.1 Å². The zero-order chi connectivity index (χ0) is 32.6. The number of nitrogens with zero attached hydrogens (tertiary/aromatic N) is 2. The Morgan fingerprint density at radius 1 is 0.978 bits per heavy atom. The lowest BCUT2D eigenvalue weighted by molar-refractivity contribution is -0.137. The average molecular weight is 662 g/mol. The fraction of sp³-hybridized carbons (Fsp3) is 0.355. The molecule has 2 saturated heterocycles. The second kappa shape index (κ2) is 12.5. The van der Waals surface area contributed by atoms with Crippen LogP contribution < -0.4 is 19.7 Å². The molecule has 0 spiro atoms. The molecule has 0 radical (unpaired) electrons. The molecule has 11 nitrogen and oxygen atoms in total. The van der Waals surface area contributed by atoms with Gasteiger partial charge in [-0.05, 0) is 55.3 Å². The largest absolute Gasteiger partial charge is 0.454 e. The number of hydrogen-bond donors (Lipinski definition) is 1. The van der Waals surface area contributed by atoms with Gasteiger partial charge in [-0.1, -0.05) is 30.3 Å². The molecule has 3 aromatic rings. The number of fused-ring (bicyclic) bond motifs is 1. The van der Waals surface area contributed by atoms with Crippen molar-refractivity contribution in [2.24, 2.45) is 0 Å². The van der Waals surface area contributed by atoms with E-state index < -0.39 is 58.1 Å². The third-order valence-corrected chi connectivity index (χ3v) is 9.75. The number of sulfonamides is 1. The summed E-state index contributed by atoms with van der Waals surface area (Å²) in [6, 6.07) is 16.8. The van der Waals surface area contributed by atoms with Crippen molar-refractivity contribution in [3.8, 4) is 11.5 Å². The third-order valence-electron chi connectivity index (χ3n) is 7.92. The molecule has 1 N–H and O–H groups in total. The molecule has 46 heavy (non-hydrogen) atoms. The van der Waals surface area contributed by atoms with Crippen LogP contribution in [0.3, 0.4) is 0 Å². The van der Waals surface area contributed by atoms with Gasteiger partial charge in [0.25, 0.3) is 5.91 Å². The summed E-state index contributed by atoms with van der Waals surface area (Å²) < 4.78 is 89.9. The zero-order valence-electron chi connectivity index (χ0n) is 24.5. The number of nitrogens with one attached hydrogen (secondary N) is 1. The Labute approximate surface area is 262 Å². The topological polar surface area (TPSA) is 124 Å². The molecule has 1 unspecified atom stereocenters. The van der Waals surface area contributed by atoms with Crippen LogP contribution in [0.5, 0.6) is 11.5 Å². The van der Waals surface area contributed by atoms with Crippen LogP contribution in [0.25, 0.3) is 0 Å². The third kappa shape index (κ3) is 6.62. The summed E-state index contributed by atoms with van der Waals surface area (Å²) in [5, 5.41) is 2.89. The highest BCUT2D eigenvalue weighted by Crippen LogP contribution is 2.36. The number of carbonyl (C=O) groups excluding carboxylic acids is 2. The predicted octanol–water partition coefficient (Wildman–Crippen LogP) is 3.97. The van der Waals surface area contributed by atoms with E-state index in [9.17, 15) is 31.2 Å². The Morgan fingerprint density at radius 3 is 2.41 bits per heavy atom. The van der Waals surface area contributed by atoms with E-state index in [4.69, 9.17) is 18.9 Å². The summed E-state index contributed by atoms with van der Waals surface area (Å²) in [6.07, 6.45) is -7.76. The van der Waals surface area contributed by atoms with Crippen LogP contribution in [0, 0.1) is 0 Å².